The Balaban J connectivity index is 1.35. The summed E-state index contributed by atoms with van der Waals surface area (Å²) in [6.45, 7) is 2.48. The van der Waals surface area contributed by atoms with Crippen LogP contribution in [-0.4, -0.2) is 48.3 Å². The molecule has 3 aromatic rings. The number of nitrogens with zero attached hydrogens (tertiary/aromatic N) is 2. The lowest BCUT2D eigenvalue weighted by Gasteiger charge is -2.45. The third-order valence-electron chi connectivity index (χ3n) is 6.77. The van der Waals surface area contributed by atoms with Gasteiger partial charge in [-0.15, -0.1) is 0 Å². The number of hydrogen-bond donors (Lipinski definition) is 0. The molecular formula is C27H27F3N2O4. The Morgan fingerprint density at radius 2 is 1.86 bits per heavy atom. The Hall–Kier alpha value is -3.46. The molecule has 0 saturated carbocycles. The summed E-state index contributed by atoms with van der Waals surface area (Å²) in [7, 11) is 1.45. The van der Waals surface area contributed by atoms with Crippen molar-refractivity contribution in [2.24, 2.45) is 0 Å². The van der Waals surface area contributed by atoms with Crippen LogP contribution >= 0.6 is 0 Å². The third kappa shape index (κ3) is 4.32. The van der Waals surface area contributed by atoms with Crippen LogP contribution in [0.15, 0.2) is 60.8 Å². The van der Waals surface area contributed by atoms with Crippen molar-refractivity contribution < 1.29 is 32.2 Å². The molecule has 1 spiro atoms. The van der Waals surface area contributed by atoms with E-state index < -0.39 is 29.4 Å². The molecule has 1 aromatic heterocycles. The first-order chi connectivity index (χ1) is 17.2. The summed E-state index contributed by atoms with van der Waals surface area (Å²) in [6, 6.07) is 15.2. The van der Waals surface area contributed by atoms with Crippen LogP contribution in [0.4, 0.5) is 13.2 Å². The van der Waals surface area contributed by atoms with Crippen LogP contribution in [0.25, 0.3) is 5.69 Å². The number of carbonyl (C=O) groups excluding carboxylic acids is 1. The second-order valence-corrected chi connectivity index (χ2v) is 9.21. The lowest BCUT2D eigenvalue weighted by molar-refractivity contribution is -0.139. The predicted octanol–water partition coefficient (Wildman–Crippen LogP) is 5.43. The minimum atomic E-state index is -4.67. The standard InChI is InChI=1S/C27H27F3N2O4/c1-18(17-34-2)35-22-10-9-19(16-20(22)27(28,29)30)25(33)31-14-11-26(12-15-31)24-8-5-13-32(24)21-6-3-4-7-23(21)36-26/h3-10,13,16,18H,11-12,14-15,17H2,1-2H3/t18-/m0/s1. The highest BCUT2D eigenvalue weighted by molar-refractivity contribution is 5.94. The zero-order valence-corrected chi connectivity index (χ0v) is 20.0. The zero-order valence-electron chi connectivity index (χ0n) is 20.0. The molecule has 0 unspecified atom stereocenters. The van der Waals surface area contributed by atoms with E-state index in [0.717, 1.165) is 23.2 Å². The van der Waals surface area contributed by atoms with Crippen LogP contribution in [0.3, 0.4) is 0 Å². The molecule has 36 heavy (non-hydrogen) atoms. The maximum absolute atomic E-state index is 13.8. The second kappa shape index (κ2) is 9.20. The fourth-order valence-corrected chi connectivity index (χ4v) is 5.05. The van der Waals surface area contributed by atoms with E-state index >= 15 is 0 Å². The predicted molar refractivity (Wildman–Crippen MR) is 127 cm³/mol. The van der Waals surface area contributed by atoms with E-state index in [1.165, 1.54) is 19.2 Å². The molecule has 1 atom stereocenters. The maximum atomic E-state index is 13.8. The minimum Gasteiger partial charge on any atom is -0.488 e. The number of carbonyl (C=O) groups is 1. The first kappa shape index (κ1) is 24.2. The molecule has 1 saturated heterocycles. The monoisotopic (exact) mass is 500 g/mol. The summed E-state index contributed by atoms with van der Waals surface area (Å²) in [5.74, 6) is 0.00347. The minimum absolute atomic E-state index is 0.0247. The Morgan fingerprint density at radius 1 is 1.11 bits per heavy atom. The van der Waals surface area contributed by atoms with Crippen molar-refractivity contribution in [2.45, 2.75) is 37.6 Å². The van der Waals surface area contributed by atoms with Crippen molar-refractivity contribution in [1.29, 1.82) is 0 Å². The van der Waals surface area contributed by atoms with Gasteiger partial charge in [0.05, 0.1) is 23.6 Å². The molecule has 2 aliphatic heterocycles. The van der Waals surface area contributed by atoms with E-state index in [1.807, 2.05) is 42.6 Å². The average molecular weight is 501 g/mol. The number of benzene rings is 2. The van der Waals surface area contributed by atoms with Gasteiger partial charge < -0.3 is 23.7 Å². The quantitative estimate of drug-likeness (QED) is 0.469. The van der Waals surface area contributed by atoms with Crippen molar-refractivity contribution in [3.63, 3.8) is 0 Å². The summed E-state index contributed by atoms with van der Waals surface area (Å²) in [4.78, 5) is 14.8. The highest BCUT2D eigenvalue weighted by Crippen LogP contribution is 2.45. The molecule has 2 aromatic carbocycles. The number of fused-ring (bicyclic) bond motifs is 4. The number of aromatic nitrogens is 1. The number of hydrogen-bond acceptors (Lipinski definition) is 4. The van der Waals surface area contributed by atoms with Crippen LogP contribution in [0.5, 0.6) is 11.5 Å². The largest absolute Gasteiger partial charge is 0.488 e. The molecular weight excluding hydrogens is 473 g/mol. The lowest BCUT2D eigenvalue weighted by atomic mass is 9.86. The molecule has 2 aliphatic rings. The highest BCUT2D eigenvalue weighted by Gasteiger charge is 2.45. The number of amides is 1. The molecule has 0 bridgehead atoms. The number of alkyl halides is 3. The maximum Gasteiger partial charge on any atom is 0.419 e. The first-order valence-electron chi connectivity index (χ1n) is 11.8. The van der Waals surface area contributed by atoms with Gasteiger partial charge in [0.1, 0.15) is 17.6 Å². The molecule has 5 rings (SSSR count). The van der Waals surface area contributed by atoms with E-state index in [9.17, 15) is 18.0 Å². The Morgan fingerprint density at radius 3 is 2.58 bits per heavy atom. The van der Waals surface area contributed by atoms with Gasteiger partial charge in [-0.05, 0) is 49.4 Å². The van der Waals surface area contributed by atoms with E-state index in [2.05, 4.69) is 4.57 Å². The van der Waals surface area contributed by atoms with E-state index in [-0.39, 0.29) is 17.9 Å². The summed E-state index contributed by atoms with van der Waals surface area (Å²) < 4.78 is 60.3. The van der Waals surface area contributed by atoms with Crippen molar-refractivity contribution in [1.82, 2.24) is 9.47 Å². The second-order valence-electron chi connectivity index (χ2n) is 9.21. The average Bonchev–Trinajstić information content (AvgIpc) is 3.36. The molecule has 1 fully saturated rings. The van der Waals surface area contributed by atoms with Crippen LogP contribution in [0.1, 0.15) is 41.4 Å². The normalized spacial score (nSPS) is 17.2. The summed E-state index contributed by atoms with van der Waals surface area (Å²) in [5.41, 5.74) is 0.377. The molecule has 0 N–H and O–H groups in total. The van der Waals surface area contributed by atoms with E-state index in [0.29, 0.717) is 25.9 Å². The Labute approximate surface area is 207 Å². The van der Waals surface area contributed by atoms with Gasteiger partial charge in [-0.3, -0.25) is 4.79 Å². The lowest BCUT2D eigenvalue weighted by Crippen LogP contribution is -2.50. The number of halogens is 3. The summed E-state index contributed by atoms with van der Waals surface area (Å²) >= 11 is 0. The molecule has 0 aliphatic carbocycles. The van der Waals surface area contributed by atoms with Gasteiger partial charge in [-0.2, -0.15) is 13.2 Å². The van der Waals surface area contributed by atoms with Gasteiger partial charge >= 0.3 is 6.18 Å². The van der Waals surface area contributed by atoms with Gasteiger partial charge in [-0.25, -0.2) is 0 Å². The van der Waals surface area contributed by atoms with E-state index in [1.54, 1.807) is 11.8 Å². The highest BCUT2D eigenvalue weighted by atomic mass is 19.4. The fourth-order valence-electron chi connectivity index (χ4n) is 5.05. The van der Waals surface area contributed by atoms with E-state index in [4.69, 9.17) is 14.2 Å². The number of likely N-dealkylation sites (tertiary alicyclic amines) is 1. The topological polar surface area (TPSA) is 52.9 Å². The molecule has 6 nitrogen and oxygen atoms in total. The number of rotatable bonds is 5. The summed E-state index contributed by atoms with van der Waals surface area (Å²) in [6.07, 6.45) is -2.20. The number of piperidine rings is 1. The SMILES string of the molecule is COC[C@H](C)Oc1ccc(C(=O)N2CCC3(CC2)Oc2ccccc2-n2cccc23)cc1C(F)(F)F. The van der Waals surface area contributed by atoms with Gasteiger partial charge in [0.25, 0.3) is 5.91 Å². The number of para-hydroxylation sites is 2. The Kier molecular flexibility index (Phi) is 6.20. The van der Waals surface area contributed by atoms with Gasteiger partial charge in [-0.1, -0.05) is 12.1 Å². The number of ether oxygens (including phenoxy) is 3. The smallest absolute Gasteiger partial charge is 0.419 e. The van der Waals surface area contributed by atoms with Crippen molar-refractivity contribution in [2.75, 3.05) is 26.8 Å². The first-order valence-corrected chi connectivity index (χ1v) is 11.8. The van der Waals surface area contributed by atoms with Crippen molar-refractivity contribution >= 4 is 5.91 Å². The molecule has 0 radical (unpaired) electrons. The summed E-state index contributed by atoms with van der Waals surface area (Å²) in [5, 5.41) is 0. The van der Waals surface area contributed by atoms with Gasteiger partial charge in [0, 0.05) is 44.8 Å². The van der Waals surface area contributed by atoms with Crippen LogP contribution in [0, 0.1) is 0 Å². The van der Waals surface area contributed by atoms with Gasteiger partial charge in [0.15, 0.2) is 5.60 Å². The van der Waals surface area contributed by atoms with Crippen LogP contribution in [0.2, 0.25) is 0 Å². The van der Waals surface area contributed by atoms with Crippen molar-refractivity contribution in [3.05, 3.63) is 77.6 Å². The molecule has 190 valence electrons. The van der Waals surface area contributed by atoms with Crippen LogP contribution < -0.4 is 9.47 Å². The molecule has 3 heterocycles. The third-order valence-corrected chi connectivity index (χ3v) is 6.77. The van der Waals surface area contributed by atoms with Crippen LogP contribution in [-0.2, 0) is 16.5 Å². The number of methoxy groups -OCH3 is 1. The Bertz CT molecular complexity index is 1260. The fraction of sp³-hybridized carbons (Fsp3) is 0.370. The molecule has 1 amide bonds. The molecule has 9 heteroatoms. The zero-order chi connectivity index (χ0) is 25.5. The van der Waals surface area contributed by atoms with Crippen molar-refractivity contribution in [3.8, 4) is 17.2 Å². The van der Waals surface area contributed by atoms with Gasteiger partial charge in [0.2, 0.25) is 0 Å².